The van der Waals surface area contributed by atoms with Crippen molar-refractivity contribution in [2.24, 2.45) is 5.92 Å². The molecule has 4 rings (SSSR count). The van der Waals surface area contributed by atoms with Crippen LogP contribution in [0.5, 0.6) is 0 Å². The van der Waals surface area contributed by atoms with Gasteiger partial charge in [-0.3, -0.25) is 4.79 Å². The van der Waals surface area contributed by atoms with Crippen molar-refractivity contribution >= 4 is 38.3 Å². The number of carbonyl (C=O) groups is 1. The second-order valence-corrected chi connectivity index (χ2v) is 6.49. The van der Waals surface area contributed by atoms with E-state index in [1.54, 1.807) is 11.3 Å². The number of fused-ring (bicyclic) bond motifs is 2. The Kier molecular flexibility index (Phi) is 2.60. The highest BCUT2D eigenvalue weighted by atomic mass is 32.1. The molecule has 0 saturated carbocycles. The smallest absolute Gasteiger partial charge is 0.225 e. The summed E-state index contributed by atoms with van der Waals surface area (Å²) >= 11 is 1.66. The van der Waals surface area contributed by atoms with Gasteiger partial charge in [0.15, 0.2) is 5.13 Å². The number of amides is 1. The molecule has 2 aliphatic heterocycles. The number of hydrogen-bond donors (Lipinski definition) is 2. The van der Waals surface area contributed by atoms with Crippen molar-refractivity contribution in [2.75, 3.05) is 23.7 Å². The number of aromatic nitrogens is 1. The predicted octanol–water partition coefficient (Wildman–Crippen LogP) is 1.59. The molecule has 104 valence electrons. The Hall–Kier alpha value is -1.82. The molecule has 1 amide bonds. The van der Waals surface area contributed by atoms with E-state index in [0.29, 0.717) is 0 Å². The molecular formula is C14H16N4OS. The first-order valence-electron chi connectivity index (χ1n) is 6.93. The Morgan fingerprint density at radius 1 is 1.45 bits per heavy atom. The van der Waals surface area contributed by atoms with Crippen molar-refractivity contribution in [3.05, 3.63) is 18.2 Å². The number of nitrogens with one attached hydrogen (secondary N) is 1. The average Bonchev–Trinajstić information content (AvgIpc) is 3.02. The van der Waals surface area contributed by atoms with Gasteiger partial charge >= 0.3 is 0 Å². The van der Waals surface area contributed by atoms with Crippen LogP contribution in [-0.4, -0.2) is 30.0 Å². The third-order valence-corrected chi connectivity index (χ3v) is 5.30. The Labute approximate surface area is 120 Å². The SMILES string of the molecule is Nc1ccc2nc(N3CCCC4C(=O)NCC43)sc2c1. The summed E-state index contributed by atoms with van der Waals surface area (Å²) in [4.78, 5) is 18.8. The van der Waals surface area contributed by atoms with Crippen LogP contribution in [0.25, 0.3) is 10.2 Å². The van der Waals surface area contributed by atoms with E-state index in [9.17, 15) is 4.79 Å². The normalized spacial score (nSPS) is 25.8. The van der Waals surface area contributed by atoms with E-state index >= 15 is 0 Å². The molecule has 3 N–H and O–H groups in total. The molecule has 1 aromatic heterocycles. The third kappa shape index (κ3) is 1.75. The number of anilines is 2. The highest BCUT2D eigenvalue weighted by Gasteiger charge is 2.41. The molecule has 0 radical (unpaired) electrons. The Balaban J connectivity index is 1.72. The van der Waals surface area contributed by atoms with E-state index in [-0.39, 0.29) is 17.9 Å². The molecule has 20 heavy (non-hydrogen) atoms. The van der Waals surface area contributed by atoms with E-state index in [1.807, 2.05) is 18.2 Å². The van der Waals surface area contributed by atoms with Gasteiger partial charge in [0, 0.05) is 18.8 Å². The van der Waals surface area contributed by atoms with Crippen LogP contribution in [0.2, 0.25) is 0 Å². The van der Waals surface area contributed by atoms with E-state index < -0.39 is 0 Å². The van der Waals surface area contributed by atoms with Gasteiger partial charge < -0.3 is 16.0 Å². The van der Waals surface area contributed by atoms with Gasteiger partial charge in [0.25, 0.3) is 0 Å². The van der Waals surface area contributed by atoms with Crippen LogP contribution < -0.4 is 16.0 Å². The van der Waals surface area contributed by atoms with Gasteiger partial charge in [-0.2, -0.15) is 0 Å². The number of rotatable bonds is 1. The van der Waals surface area contributed by atoms with E-state index in [0.717, 1.165) is 47.0 Å². The Bertz CT molecular complexity index is 683. The van der Waals surface area contributed by atoms with Crippen molar-refractivity contribution in [1.82, 2.24) is 10.3 Å². The number of carbonyl (C=O) groups excluding carboxylic acids is 1. The minimum absolute atomic E-state index is 0.126. The molecule has 0 aliphatic carbocycles. The zero-order valence-corrected chi connectivity index (χ0v) is 11.8. The molecule has 0 spiro atoms. The summed E-state index contributed by atoms with van der Waals surface area (Å²) in [6.45, 7) is 1.72. The Morgan fingerprint density at radius 2 is 2.35 bits per heavy atom. The topological polar surface area (TPSA) is 71.2 Å². The van der Waals surface area contributed by atoms with Gasteiger partial charge in [-0.25, -0.2) is 4.98 Å². The number of hydrogen-bond acceptors (Lipinski definition) is 5. The van der Waals surface area contributed by atoms with Gasteiger partial charge in [-0.15, -0.1) is 0 Å². The molecule has 0 bridgehead atoms. The fraction of sp³-hybridized carbons (Fsp3) is 0.429. The van der Waals surface area contributed by atoms with Crippen LogP contribution >= 0.6 is 11.3 Å². The molecule has 2 fully saturated rings. The summed E-state index contributed by atoms with van der Waals surface area (Å²) < 4.78 is 1.11. The molecule has 2 aromatic rings. The zero-order valence-electron chi connectivity index (χ0n) is 11.0. The average molecular weight is 288 g/mol. The third-order valence-electron chi connectivity index (χ3n) is 4.25. The van der Waals surface area contributed by atoms with E-state index in [4.69, 9.17) is 10.7 Å². The van der Waals surface area contributed by atoms with E-state index in [1.165, 1.54) is 0 Å². The van der Waals surface area contributed by atoms with Gasteiger partial charge in [0.1, 0.15) is 0 Å². The van der Waals surface area contributed by atoms with Crippen molar-refractivity contribution < 1.29 is 4.79 Å². The predicted molar refractivity (Wildman–Crippen MR) is 80.9 cm³/mol. The van der Waals surface area contributed by atoms with Crippen LogP contribution in [0.15, 0.2) is 18.2 Å². The van der Waals surface area contributed by atoms with Crippen molar-refractivity contribution in [1.29, 1.82) is 0 Å². The highest BCUT2D eigenvalue weighted by molar-refractivity contribution is 7.22. The summed E-state index contributed by atoms with van der Waals surface area (Å²) in [5.74, 6) is 0.325. The van der Waals surface area contributed by atoms with Crippen LogP contribution in [-0.2, 0) is 4.79 Å². The molecule has 2 unspecified atom stereocenters. The van der Waals surface area contributed by atoms with Crippen LogP contribution in [0.4, 0.5) is 10.8 Å². The first kappa shape index (κ1) is 12.0. The number of nitrogen functional groups attached to an aromatic ring is 1. The maximum absolute atomic E-state index is 11.8. The van der Waals surface area contributed by atoms with Gasteiger partial charge in [-0.05, 0) is 31.0 Å². The summed E-state index contributed by atoms with van der Waals surface area (Å²) in [6, 6.07) is 6.07. The number of thiazole rings is 1. The molecule has 2 aliphatic rings. The maximum atomic E-state index is 11.8. The quantitative estimate of drug-likeness (QED) is 0.782. The minimum atomic E-state index is 0.126. The number of nitrogens with zero attached hydrogens (tertiary/aromatic N) is 2. The van der Waals surface area contributed by atoms with Crippen LogP contribution in [0.1, 0.15) is 12.8 Å². The van der Waals surface area contributed by atoms with Crippen molar-refractivity contribution in [3.63, 3.8) is 0 Å². The van der Waals surface area contributed by atoms with Crippen LogP contribution in [0, 0.1) is 5.92 Å². The lowest BCUT2D eigenvalue weighted by Gasteiger charge is -2.35. The summed E-state index contributed by atoms with van der Waals surface area (Å²) in [5.41, 5.74) is 7.58. The fourth-order valence-electron chi connectivity index (χ4n) is 3.24. The van der Waals surface area contributed by atoms with Crippen LogP contribution in [0.3, 0.4) is 0 Å². The molecular weight excluding hydrogens is 272 g/mol. The summed E-state index contributed by atoms with van der Waals surface area (Å²) in [5, 5.41) is 3.99. The maximum Gasteiger partial charge on any atom is 0.225 e. The molecule has 2 atom stereocenters. The lowest BCUT2D eigenvalue weighted by molar-refractivity contribution is -0.122. The standard InChI is InChI=1S/C14H16N4OS/c15-8-3-4-10-12(6-8)20-14(17-10)18-5-1-2-9-11(18)7-16-13(9)19/h3-4,6,9,11H,1-2,5,7,15H2,(H,16,19). The van der Waals surface area contributed by atoms with Gasteiger partial charge in [0.05, 0.1) is 22.2 Å². The lowest BCUT2D eigenvalue weighted by Crippen LogP contribution is -2.45. The van der Waals surface area contributed by atoms with E-state index in [2.05, 4.69) is 10.2 Å². The lowest BCUT2D eigenvalue weighted by atomic mass is 9.92. The second kappa shape index (κ2) is 4.34. The highest BCUT2D eigenvalue weighted by Crippen LogP contribution is 2.36. The monoisotopic (exact) mass is 288 g/mol. The molecule has 2 saturated heterocycles. The second-order valence-electron chi connectivity index (χ2n) is 5.48. The van der Waals surface area contributed by atoms with Gasteiger partial charge in [0.2, 0.25) is 5.91 Å². The molecule has 3 heterocycles. The number of piperidine rings is 1. The van der Waals surface area contributed by atoms with Crippen molar-refractivity contribution in [3.8, 4) is 0 Å². The first-order chi connectivity index (χ1) is 9.72. The van der Waals surface area contributed by atoms with Gasteiger partial charge in [-0.1, -0.05) is 11.3 Å². The Morgan fingerprint density at radius 3 is 3.25 bits per heavy atom. The summed E-state index contributed by atoms with van der Waals surface area (Å²) in [6.07, 6.45) is 2.04. The number of benzene rings is 1. The number of nitrogens with two attached hydrogens (primary N) is 1. The first-order valence-corrected chi connectivity index (χ1v) is 7.74. The van der Waals surface area contributed by atoms with Crippen molar-refractivity contribution in [2.45, 2.75) is 18.9 Å². The molecule has 5 nitrogen and oxygen atoms in total. The fourth-order valence-corrected chi connectivity index (χ4v) is 4.34. The largest absolute Gasteiger partial charge is 0.399 e. The minimum Gasteiger partial charge on any atom is -0.399 e. The zero-order chi connectivity index (χ0) is 13.7. The molecule has 6 heteroatoms. The summed E-state index contributed by atoms with van der Waals surface area (Å²) in [7, 11) is 0. The molecule has 1 aromatic carbocycles.